The molecule has 1 aromatic heterocycles. The third-order valence-corrected chi connectivity index (χ3v) is 3.10. The molecule has 17 heavy (non-hydrogen) atoms. The number of benzene rings is 1. The van der Waals surface area contributed by atoms with E-state index in [1.165, 1.54) is 11.3 Å². The van der Waals surface area contributed by atoms with Crippen molar-refractivity contribution >= 4 is 17.0 Å². The van der Waals surface area contributed by atoms with E-state index in [-0.39, 0.29) is 11.4 Å². The van der Waals surface area contributed by atoms with Crippen LogP contribution >= 0.6 is 11.3 Å². The fourth-order valence-corrected chi connectivity index (χ4v) is 2.14. The molecular weight excluding hydrogens is 232 g/mol. The third-order valence-electron chi connectivity index (χ3n) is 2.21. The highest BCUT2D eigenvalue weighted by Crippen LogP contribution is 2.25. The van der Waals surface area contributed by atoms with Gasteiger partial charge in [-0.3, -0.25) is 0 Å². The molecular formula is C12H10N4S. The fraction of sp³-hybridized carbons (Fsp3) is 0. The Labute approximate surface area is 103 Å². The zero-order valence-electron chi connectivity index (χ0n) is 8.92. The van der Waals surface area contributed by atoms with Gasteiger partial charge in [-0.15, -0.1) is 11.3 Å². The van der Waals surface area contributed by atoms with Crippen LogP contribution in [-0.2, 0) is 0 Å². The summed E-state index contributed by atoms with van der Waals surface area (Å²) >= 11 is 1.47. The number of allylic oxidation sites excluding steroid dienone is 1. The van der Waals surface area contributed by atoms with Crippen LogP contribution in [0.4, 0.5) is 0 Å². The Hall–Kier alpha value is -2.32. The summed E-state index contributed by atoms with van der Waals surface area (Å²) in [5, 5.41) is 11.3. The first-order valence-electron chi connectivity index (χ1n) is 4.89. The van der Waals surface area contributed by atoms with E-state index < -0.39 is 0 Å². The lowest BCUT2D eigenvalue weighted by Gasteiger charge is -1.97. The Morgan fingerprint density at radius 2 is 1.94 bits per heavy atom. The van der Waals surface area contributed by atoms with Crippen LogP contribution in [0.3, 0.4) is 0 Å². The Bertz CT molecular complexity index is 592. The molecule has 0 spiro atoms. The van der Waals surface area contributed by atoms with E-state index in [1.807, 2.05) is 36.4 Å². The minimum absolute atomic E-state index is 0.00471. The number of rotatable bonds is 2. The second-order valence-electron chi connectivity index (χ2n) is 3.34. The molecule has 2 aromatic rings. The first kappa shape index (κ1) is 11.2. The predicted molar refractivity (Wildman–Crippen MR) is 68.5 cm³/mol. The first-order valence-corrected chi connectivity index (χ1v) is 5.77. The molecule has 0 bridgehead atoms. The van der Waals surface area contributed by atoms with Gasteiger partial charge in [-0.25, -0.2) is 4.98 Å². The molecule has 0 aliphatic carbocycles. The molecule has 0 radical (unpaired) electrons. The quantitative estimate of drug-likeness (QED) is 0.787. The van der Waals surface area contributed by atoms with Crippen LogP contribution in [0.5, 0.6) is 0 Å². The van der Waals surface area contributed by atoms with E-state index in [1.54, 1.807) is 5.38 Å². The summed E-state index contributed by atoms with van der Waals surface area (Å²) < 4.78 is 0. The Morgan fingerprint density at radius 1 is 1.24 bits per heavy atom. The number of nitriles is 1. The topological polar surface area (TPSA) is 88.7 Å². The maximum absolute atomic E-state index is 8.65. The number of hydrogen-bond donors (Lipinski definition) is 2. The summed E-state index contributed by atoms with van der Waals surface area (Å²) in [5.41, 5.74) is 13.0. The van der Waals surface area contributed by atoms with Crippen molar-refractivity contribution < 1.29 is 0 Å². The zero-order chi connectivity index (χ0) is 12.3. The van der Waals surface area contributed by atoms with E-state index in [9.17, 15) is 0 Å². The molecule has 0 aliphatic heterocycles. The molecule has 0 amide bonds. The average molecular weight is 242 g/mol. The molecule has 0 atom stereocenters. The average Bonchev–Trinajstić information content (AvgIpc) is 2.87. The van der Waals surface area contributed by atoms with Crippen LogP contribution in [0, 0.1) is 11.3 Å². The van der Waals surface area contributed by atoms with Gasteiger partial charge in [0.05, 0.1) is 5.70 Å². The summed E-state index contributed by atoms with van der Waals surface area (Å²) in [7, 11) is 0. The van der Waals surface area contributed by atoms with Gasteiger partial charge in [0.15, 0.2) is 0 Å². The maximum atomic E-state index is 8.65. The molecule has 5 heteroatoms. The Balaban J connectivity index is 2.39. The second kappa shape index (κ2) is 4.68. The van der Waals surface area contributed by atoms with Gasteiger partial charge in [0, 0.05) is 10.9 Å². The molecule has 0 unspecified atom stereocenters. The first-order chi connectivity index (χ1) is 8.22. The van der Waals surface area contributed by atoms with Crippen molar-refractivity contribution in [3.8, 4) is 16.6 Å². The van der Waals surface area contributed by atoms with Crippen LogP contribution in [0.1, 0.15) is 5.69 Å². The van der Waals surface area contributed by atoms with E-state index in [2.05, 4.69) is 4.98 Å². The van der Waals surface area contributed by atoms with Gasteiger partial charge in [-0.1, -0.05) is 30.3 Å². The van der Waals surface area contributed by atoms with E-state index in [4.69, 9.17) is 16.7 Å². The highest BCUT2D eigenvalue weighted by molar-refractivity contribution is 7.13. The van der Waals surface area contributed by atoms with Crippen molar-refractivity contribution in [2.24, 2.45) is 11.5 Å². The molecule has 0 aliphatic rings. The number of nitrogens with two attached hydrogens (primary N) is 2. The summed E-state index contributed by atoms with van der Waals surface area (Å²) in [6, 6.07) is 11.6. The van der Waals surface area contributed by atoms with E-state index in [0.717, 1.165) is 10.6 Å². The maximum Gasteiger partial charge on any atom is 0.136 e. The van der Waals surface area contributed by atoms with Crippen LogP contribution < -0.4 is 11.5 Å². The Kier molecular flexibility index (Phi) is 3.08. The number of thiazole rings is 1. The highest BCUT2D eigenvalue weighted by Gasteiger charge is 2.08. The van der Waals surface area contributed by atoms with Crippen LogP contribution in [0.2, 0.25) is 0 Å². The minimum Gasteiger partial charge on any atom is -0.395 e. The fourth-order valence-electron chi connectivity index (χ4n) is 1.31. The van der Waals surface area contributed by atoms with Gasteiger partial charge in [0.25, 0.3) is 0 Å². The van der Waals surface area contributed by atoms with Crippen molar-refractivity contribution in [2.75, 3.05) is 0 Å². The minimum atomic E-state index is -0.00471. The van der Waals surface area contributed by atoms with Gasteiger partial charge in [0.1, 0.15) is 22.5 Å². The second-order valence-corrected chi connectivity index (χ2v) is 4.20. The molecule has 0 saturated heterocycles. The largest absolute Gasteiger partial charge is 0.395 e. The monoisotopic (exact) mass is 242 g/mol. The normalized spacial score (nSPS) is 11.7. The SMILES string of the molecule is N#C/C(N)=C(/N)c1csc(-c2ccccc2)n1. The third kappa shape index (κ3) is 2.27. The molecule has 4 nitrogen and oxygen atoms in total. The van der Waals surface area contributed by atoms with Gasteiger partial charge in [0.2, 0.25) is 0 Å². The van der Waals surface area contributed by atoms with Crippen molar-refractivity contribution in [2.45, 2.75) is 0 Å². The molecule has 0 saturated carbocycles. The smallest absolute Gasteiger partial charge is 0.136 e. The summed E-state index contributed by atoms with van der Waals surface area (Å²) in [6.07, 6.45) is 0. The van der Waals surface area contributed by atoms with Crippen LogP contribution in [0.15, 0.2) is 41.4 Å². The standard InChI is InChI=1S/C12H10N4S/c13-6-9(14)11(15)10-7-17-12(16-10)8-4-2-1-3-5-8/h1-5,7H,14-15H2/b11-9-. The molecule has 1 heterocycles. The van der Waals surface area contributed by atoms with Crippen molar-refractivity contribution in [1.29, 1.82) is 5.26 Å². The van der Waals surface area contributed by atoms with Gasteiger partial charge < -0.3 is 11.5 Å². The molecule has 0 fully saturated rings. The predicted octanol–water partition coefficient (Wildman–Crippen LogP) is 1.92. The van der Waals surface area contributed by atoms with Crippen molar-refractivity contribution in [1.82, 2.24) is 4.98 Å². The van der Waals surface area contributed by atoms with Crippen LogP contribution in [0.25, 0.3) is 16.3 Å². The van der Waals surface area contributed by atoms with Crippen molar-refractivity contribution in [3.05, 3.63) is 47.1 Å². The zero-order valence-corrected chi connectivity index (χ0v) is 9.74. The molecule has 2 rings (SSSR count). The van der Waals surface area contributed by atoms with Gasteiger partial charge in [-0.05, 0) is 0 Å². The van der Waals surface area contributed by atoms with Gasteiger partial charge >= 0.3 is 0 Å². The number of aromatic nitrogens is 1. The highest BCUT2D eigenvalue weighted by atomic mass is 32.1. The van der Waals surface area contributed by atoms with Crippen molar-refractivity contribution in [3.63, 3.8) is 0 Å². The van der Waals surface area contributed by atoms with Gasteiger partial charge in [-0.2, -0.15) is 5.26 Å². The summed E-state index contributed by atoms with van der Waals surface area (Å²) in [6.45, 7) is 0. The summed E-state index contributed by atoms with van der Waals surface area (Å²) in [4.78, 5) is 4.35. The van der Waals surface area contributed by atoms with Crippen LogP contribution in [-0.4, -0.2) is 4.98 Å². The molecule has 84 valence electrons. The Morgan fingerprint density at radius 3 is 2.59 bits per heavy atom. The van der Waals surface area contributed by atoms with E-state index >= 15 is 0 Å². The number of hydrogen-bond acceptors (Lipinski definition) is 5. The molecule has 4 N–H and O–H groups in total. The van der Waals surface area contributed by atoms with E-state index in [0.29, 0.717) is 5.69 Å². The lowest BCUT2D eigenvalue weighted by molar-refractivity contribution is 1.28. The molecule has 1 aromatic carbocycles. The lowest BCUT2D eigenvalue weighted by Crippen LogP contribution is -2.07. The summed E-state index contributed by atoms with van der Waals surface area (Å²) in [5.74, 6) is 0. The number of nitrogens with zero attached hydrogens (tertiary/aromatic N) is 2. The lowest BCUT2D eigenvalue weighted by atomic mass is 10.2.